The highest BCUT2D eigenvalue weighted by Crippen LogP contribution is 2.39. The first-order valence-electron chi connectivity index (χ1n) is 5.95. The second-order valence-corrected chi connectivity index (χ2v) is 4.69. The van der Waals surface area contributed by atoms with Crippen molar-refractivity contribution < 1.29 is 14.9 Å². The molecule has 0 saturated carbocycles. The number of nitrogens with zero attached hydrogens (tertiary/aromatic N) is 3. The summed E-state index contributed by atoms with van der Waals surface area (Å²) in [6, 6.07) is 0. The predicted octanol–water partition coefficient (Wildman–Crippen LogP) is -1.70. The lowest BCUT2D eigenvalue weighted by molar-refractivity contribution is -0.0460. The van der Waals surface area contributed by atoms with Crippen molar-refractivity contribution in [3.8, 4) is 0 Å². The van der Waals surface area contributed by atoms with E-state index in [-0.39, 0.29) is 23.9 Å². The van der Waals surface area contributed by atoms with Crippen LogP contribution in [0.1, 0.15) is 6.42 Å². The number of aromatic amines is 1. The van der Waals surface area contributed by atoms with Crippen molar-refractivity contribution in [2.24, 2.45) is 4.99 Å². The molecule has 0 spiro atoms. The van der Waals surface area contributed by atoms with Gasteiger partial charge in [0.1, 0.15) is 6.10 Å². The number of rotatable bonds is 2. The molecule has 0 aliphatic carbocycles. The van der Waals surface area contributed by atoms with Crippen molar-refractivity contribution in [2.45, 2.75) is 24.9 Å². The number of fused-ring (bicyclic) bond motifs is 1. The largest absolute Gasteiger partial charge is 0.618 e. The number of nitrogen functional groups attached to an aromatic ring is 1. The molecule has 10 heteroatoms. The predicted molar refractivity (Wildman–Crippen MR) is 69.0 cm³/mol. The van der Waals surface area contributed by atoms with Crippen molar-refractivity contribution >= 4 is 23.8 Å². The van der Waals surface area contributed by atoms with Crippen LogP contribution >= 0.6 is 0 Å². The average Bonchev–Trinajstić information content (AvgIpc) is 2.92. The van der Waals surface area contributed by atoms with E-state index in [0.29, 0.717) is 0 Å². The van der Waals surface area contributed by atoms with Gasteiger partial charge in [0.2, 0.25) is 17.9 Å². The molecule has 2 aliphatic rings. The lowest BCUT2D eigenvalue weighted by atomic mass is 10.2. The summed E-state index contributed by atoms with van der Waals surface area (Å²) in [4.78, 5) is 21.5. The number of aliphatic imine (C=N–C) groups is 1. The standard InChI is InChI=1S/C10H13N5O5/c11-10-13-8-7(9(18)14-10)12-3-15(8,19)6-1-4(17)5(2-16)20-6/h3-6,16-17H,1-2H2,(H3,11,13,14,18)/t4-,5+,6+,15?/m0/s1. The minimum atomic E-state index is -1.24. The van der Waals surface area contributed by atoms with Gasteiger partial charge in [-0.3, -0.25) is 9.78 Å². The molecule has 108 valence electrons. The number of hydrogen-bond acceptors (Lipinski definition) is 8. The first kappa shape index (κ1) is 13.1. The summed E-state index contributed by atoms with van der Waals surface area (Å²) in [7, 11) is 0. The molecule has 1 aromatic heterocycles. The number of hydrogen-bond donors (Lipinski definition) is 4. The Hall–Kier alpha value is -1.85. The van der Waals surface area contributed by atoms with E-state index < -0.39 is 35.2 Å². The van der Waals surface area contributed by atoms with E-state index in [1.54, 1.807) is 0 Å². The number of ether oxygens (including phenoxy) is 1. The van der Waals surface area contributed by atoms with E-state index in [2.05, 4.69) is 15.0 Å². The fourth-order valence-electron chi connectivity index (χ4n) is 2.36. The van der Waals surface area contributed by atoms with E-state index in [1.807, 2.05) is 0 Å². The molecule has 10 nitrogen and oxygen atoms in total. The molecular weight excluding hydrogens is 270 g/mol. The maximum Gasteiger partial charge on any atom is 0.284 e. The molecule has 0 bridgehead atoms. The topological polar surface area (TPSA) is 157 Å². The normalized spacial score (nSPS) is 35.5. The van der Waals surface area contributed by atoms with Crippen LogP contribution in [-0.2, 0) is 4.74 Å². The summed E-state index contributed by atoms with van der Waals surface area (Å²) in [6.07, 6.45) is -1.88. The fraction of sp³-hybridized carbons (Fsp3) is 0.500. The van der Waals surface area contributed by atoms with Crippen LogP contribution < -0.4 is 15.9 Å². The van der Waals surface area contributed by atoms with Crippen LogP contribution in [0.15, 0.2) is 9.79 Å². The van der Waals surface area contributed by atoms with E-state index in [1.165, 1.54) is 0 Å². The van der Waals surface area contributed by atoms with E-state index in [0.717, 1.165) is 6.34 Å². The number of aliphatic hydroxyl groups is 2. The van der Waals surface area contributed by atoms with Gasteiger partial charge < -0.3 is 25.9 Å². The highest BCUT2D eigenvalue weighted by molar-refractivity contribution is 5.87. The number of hydroxylamine groups is 2. The fourth-order valence-corrected chi connectivity index (χ4v) is 2.36. The van der Waals surface area contributed by atoms with E-state index in [4.69, 9.17) is 15.6 Å². The molecule has 1 fully saturated rings. The van der Waals surface area contributed by atoms with Gasteiger partial charge in [0.15, 0.2) is 6.34 Å². The molecule has 1 saturated heterocycles. The lowest BCUT2D eigenvalue weighted by Crippen LogP contribution is -2.50. The molecule has 1 aromatic rings. The number of aliphatic hydroxyl groups excluding tert-OH is 2. The summed E-state index contributed by atoms with van der Waals surface area (Å²) in [5.41, 5.74) is 4.69. The third kappa shape index (κ3) is 1.74. The SMILES string of the molecule is Nc1nc2c(c(=O)[nH]1)N=C[N+]2([O-])[C@H]1C[C@H](O)[C@@H](CO)O1. The van der Waals surface area contributed by atoms with Crippen LogP contribution in [0, 0.1) is 5.21 Å². The van der Waals surface area contributed by atoms with Gasteiger partial charge in [-0.25, -0.2) is 4.65 Å². The Bertz CT molecular complexity index is 631. The average molecular weight is 283 g/mol. The number of quaternary nitrogens is 1. The molecule has 0 aromatic carbocycles. The Labute approximate surface area is 112 Å². The van der Waals surface area contributed by atoms with E-state index in [9.17, 15) is 15.1 Å². The molecule has 1 unspecified atom stereocenters. The summed E-state index contributed by atoms with van der Waals surface area (Å²) in [5.74, 6) is -0.378. The quantitative estimate of drug-likeness (QED) is 0.372. The summed E-state index contributed by atoms with van der Waals surface area (Å²) in [6.45, 7) is -0.410. The minimum absolute atomic E-state index is 0.00539. The van der Waals surface area contributed by atoms with Crippen LogP contribution in [0.2, 0.25) is 0 Å². The summed E-state index contributed by atoms with van der Waals surface area (Å²) < 4.78 is 4.08. The minimum Gasteiger partial charge on any atom is -0.618 e. The van der Waals surface area contributed by atoms with Crippen LogP contribution in [0.25, 0.3) is 0 Å². The Kier molecular flexibility index (Phi) is 2.84. The molecule has 2 aliphatic heterocycles. The lowest BCUT2D eigenvalue weighted by Gasteiger charge is -2.37. The molecular formula is C10H13N5O5. The van der Waals surface area contributed by atoms with Crippen molar-refractivity contribution in [3.63, 3.8) is 0 Å². The van der Waals surface area contributed by atoms with Gasteiger partial charge >= 0.3 is 0 Å². The second-order valence-electron chi connectivity index (χ2n) is 4.69. The van der Waals surface area contributed by atoms with Crippen LogP contribution in [0.4, 0.5) is 17.5 Å². The second kappa shape index (κ2) is 4.33. The molecule has 3 heterocycles. The van der Waals surface area contributed by atoms with Crippen molar-refractivity contribution in [1.82, 2.24) is 14.6 Å². The number of nitrogens with two attached hydrogens (primary N) is 1. The van der Waals surface area contributed by atoms with Gasteiger partial charge in [0.05, 0.1) is 19.1 Å². The zero-order valence-electron chi connectivity index (χ0n) is 10.3. The zero-order chi connectivity index (χ0) is 14.5. The monoisotopic (exact) mass is 283 g/mol. The third-order valence-electron chi connectivity index (χ3n) is 3.40. The van der Waals surface area contributed by atoms with Crippen LogP contribution in [-0.4, -0.2) is 51.6 Å². The molecule has 5 N–H and O–H groups in total. The number of anilines is 1. The maximum absolute atomic E-state index is 12.8. The molecule has 0 amide bonds. The van der Waals surface area contributed by atoms with Crippen LogP contribution in [0.5, 0.6) is 0 Å². The number of aromatic nitrogens is 2. The van der Waals surface area contributed by atoms with Gasteiger partial charge in [0.25, 0.3) is 11.4 Å². The van der Waals surface area contributed by atoms with Gasteiger partial charge in [-0.2, -0.15) is 9.98 Å². The highest BCUT2D eigenvalue weighted by Gasteiger charge is 2.47. The van der Waals surface area contributed by atoms with Gasteiger partial charge in [-0.15, -0.1) is 0 Å². The Morgan fingerprint density at radius 2 is 2.40 bits per heavy atom. The van der Waals surface area contributed by atoms with Crippen molar-refractivity contribution in [1.29, 1.82) is 0 Å². The number of nitrogens with one attached hydrogen (secondary N) is 1. The van der Waals surface area contributed by atoms with Crippen molar-refractivity contribution in [3.05, 3.63) is 15.6 Å². The molecule has 3 rings (SSSR count). The Balaban J connectivity index is 2.01. The van der Waals surface area contributed by atoms with Crippen LogP contribution in [0.3, 0.4) is 0 Å². The van der Waals surface area contributed by atoms with Gasteiger partial charge in [-0.1, -0.05) is 0 Å². The molecule has 0 radical (unpaired) electrons. The zero-order valence-corrected chi connectivity index (χ0v) is 10.3. The summed E-state index contributed by atoms with van der Waals surface area (Å²) in [5, 5.41) is 31.6. The smallest absolute Gasteiger partial charge is 0.284 e. The highest BCUT2D eigenvalue weighted by atomic mass is 16.6. The van der Waals surface area contributed by atoms with E-state index >= 15 is 0 Å². The number of H-pyrrole nitrogens is 1. The Morgan fingerprint density at radius 3 is 3.05 bits per heavy atom. The first-order valence-corrected chi connectivity index (χ1v) is 5.95. The first-order chi connectivity index (χ1) is 9.45. The molecule has 20 heavy (non-hydrogen) atoms. The summed E-state index contributed by atoms with van der Waals surface area (Å²) >= 11 is 0. The van der Waals surface area contributed by atoms with Gasteiger partial charge in [0, 0.05) is 0 Å². The Morgan fingerprint density at radius 1 is 1.65 bits per heavy atom. The van der Waals surface area contributed by atoms with Gasteiger partial charge in [-0.05, 0) is 0 Å². The molecule has 4 atom stereocenters. The third-order valence-corrected chi connectivity index (χ3v) is 3.40. The van der Waals surface area contributed by atoms with Crippen molar-refractivity contribution in [2.75, 3.05) is 12.3 Å². The maximum atomic E-state index is 12.8.